The summed E-state index contributed by atoms with van der Waals surface area (Å²) in [6.07, 6.45) is 0. The second-order valence-electron chi connectivity index (χ2n) is 17.6. The molecule has 22 heteroatoms. The Kier molecular flexibility index (Phi) is 13.4. The molecule has 4 nitrogen and oxygen atoms in total. The quantitative estimate of drug-likeness (QED) is 0.143. The second kappa shape index (κ2) is 19.4. The highest BCUT2D eigenvalue weighted by Crippen LogP contribution is 2.40. The van der Waals surface area contributed by atoms with Crippen LogP contribution in [0, 0.1) is 0 Å². The molecule has 8 aromatic carbocycles. The van der Waals surface area contributed by atoms with E-state index < -0.39 is 0 Å². The standard InChI is InChI=1S/C52H17B18N3O/c53-31-28(22-15-20(16-26-27(22)21-13-7-8-14-25(21)74-26)24-17-23(18-9-3-1-4-10-18)71-52(72-24)19-11-5-2-6-12-19)32(54)45(67)50(44(31)66)73(51-47(69)42(64)41(63)43(65)48(51)70)49-36(58)30(35(57)39(61)46(49)68)29-33(55)37(59)40(62)38(60)34(29)56/h1-17H. The Balaban J connectivity index is 1.30. The molecule has 0 unspecified atom stereocenters. The fourth-order valence-corrected chi connectivity index (χ4v) is 9.47. The summed E-state index contributed by atoms with van der Waals surface area (Å²) in [5.41, 5.74) is 1.58. The molecule has 74 heavy (non-hydrogen) atoms. The van der Waals surface area contributed by atoms with Crippen LogP contribution in [0.5, 0.6) is 0 Å². The van der Waals surface area contributed by atoms with E-state index in [1.165, 1.54) is 4.90 Å². The van der Waals surface area contributed by atoms with Crippen LogP contribution >= 0.6 is 0 Å². The molecule has 0 saturated heterocycles. The fourth-order valence-electron chi connectivity index (χ4n) is 9.47. The molecule has 0 amide bonds. The summed E-state index contributed by atoms with van der Waals surface area (Å²) in [4.78, 5) is 11.4. The molecule has 2 heterocycles. The minimum Gasteiger partial charge on any atom is -0.456 e. The molecule has 0 bridgehead atoms. The lowest BCUT2D eigenvalue weighted by molar-refractivity contribution is 0.669. The number of anilines is 3. The van der Waals surface area contributed by atoms with E-state index in [0.29, 0.717) is 44.9 Å². The number of hydrogen-bond donors (Lipinski definition) is 0. The Labute approximate surface area is 454 Å². The highest BCUT2D eigenvalue weighted by molar-refractivity contribution is 6.73. The van der Waals surface area contributed by atoms with Crippen LogP contribution in [-0.2, 0) is 0 Å². The molecule has 0 aliphatic rings. The lowest BCUT2D eigenvalue weighted by Crippen LogP contribution is -2.59. The third-order valence-corrected chi connectivity index (χ3v) is 13.4. The van der Waals surface area contributed by atoms with Gasteiger partial charge >= 0.3 is 0 Å². The van der Waals surface area contributed by atoms with Crippen LogP contribution < -0.4 is 103 Å². The number of nitrogens with zero attached hydrogens (tertiary/aromatic N) is 3. The number of hydrogen-bond acceptors (Lipinski definition) is 4. The van der Waals surface area contributed by atoms with Gasteiger partial charge in [0.2, 0.25) is 0 Å². The van der Waals surface area contributed by atoms with Crippen molar-refractivity contribution in [1.29, 1.82) is 0 Å². The SMILES string of the molecule is [B]c1c([B])c([B])c(-c2c([B])c([B])c([B])c(N(c3c([B])c([B])c([B])c([B])c3[B])c3c([B])c([B])c(-c4cc(-c5cc(-c6ccccc6)nc(-c6ccccc6)n5)cc5oc6ccccc6c45)c([B])c3[B])c2[B])c([B])c1[B]. The highest BCUT2D eigenvalue weighted by atomic mass is 16.3. The molecule has 0 saturated carbocycles. The normalized spacial score (nSPS) is 11.4. The maximum Gasteiger partial charge on any atom is 0.160 e. The smallest absolute Gasteiger partial charge is 0.160 e. The summed E-state index contributed by atoms with van der Waals surface area (Å²) in [5, 5.41) is 1.35. The predicted octanol–water partition coefficient (Wildman–Crippen LogP) is -7.53. The Morgan fingerprint density at radius 2 is 0.689 bits per heavy atom. The van der Waals surface area contributed by atoms with Gasteiger partial charge in [-0.3, -0.25) is 0 Å². The van der Waals surface area contributed by atoms with Crippen molar-refractivity contribution in [2.24, 2.45) is 0 Å². The Morgan fingerprint density at radius 1 is 0.311 bits per heavy atom. The third kappa shape index (κ3) is 8.04. The number of para-hydroxylation sites is 1. The van der Waals surface area contributed by atoms with Gasteiger partial charge in [-0.1, -0.05) is 139 Å². The average molecular weight is 894 g/mol. The molecule has 0 aliphatic carbocycles. The molecule has 0 atom stereocenters. The fraction of sp³-hybridized carbons (Fsp3) is 0. The Bertz CT molecular complexity index is 3870. The molecule has 36 radical (unpaired) electrons. The molecule has 0 fully saturated rings. The van der Waals surface area contributed by atoms with Crippen LogP contribution in [0.15, 0.2) is 108 Å². The van der Waals surface area contributed by atoms with Gasteiger partial charge < -0.3 is 9.32 Å². The summed E-state index contributed by atoms with van der Waals surface area (Å²) >= 11 is 0. The van der Waals surface area contributed by atoms with Crippen LogP contribution in [0.4, 0.5) is 17.1 Å². The molecule has 0 aliphatic heterocycles. The van der Waals surface area contributed by atoms with Crippen LogP contribution in [-0.4, -0.2) is 151 Å². The van der Waals surface area contributed by atoms with Crippen molar-refractivity contribution in [3.63, 3.8) is 0 Å². The van der Waals surface area contributed by atoms with Crippen molar-refractivity contribution in [3.8, 4) is 56.2 Å². The Morgan fingerprint density at radius 3 is 1.22 bits per heavy atom. The number of aromatic nitrogens is 2. The monoisotopic (exact) mass is 897 g/mol. The van der Waals surface area contributed by atoms with Gasteiger partial charge in [0, 0.05) is 44.5 Å². The van der Waals surface area contributed by atoms with E-state index in [9.17, 15) is 0 Å². The molecule has 0 spiro atoms. The van der Waals surface area contributed by atoms with Crippen LogP contribution in [0.25, 0.3) is 78.1 Å². The van der Waals surface area contributed by atoms with Gasteiger partial charge in [0.15, 0.2) is 5.82 Å². The number of fused-ring (bicyclic) bond motifs is 3. The first kappa shape index (κ1) is 51.1. The summed E-state index contributed by atoms with van der Waals surface area (Å²) < 4.78 is 6.57. The first-order valence-corrected chi connectivity index (χ1v) is 22.6. The molecule has 0 N–H and O–H groups in total. The molecular formula is C52H17B18N3O. The van der Waals surface area contributed by atoms with Gasteiger partial charge in [-0.05, 0) is 46.5 Å². The van der Waals surface area contributed by atoms with Gasteiger partial charge in [0.05, 0.1) is 11.4 Å². The van der Waals surface area contributed by atoms with Crippen molar-refractivity contribution in [2.75, 3.05) is 4.90 Å². The zero-order valence-electron chi connectivity index (χ0n) is 39.5. The van der Waals surface area contributed by atoms with E-state index in [1.54, 1.807) is 0 Å². The number of furan rings is 1. The van der Waals surface area contributed by atoms with E-state index >= 15 is 0 Å². The molecule has 300 valence electrons. The Hall–Kier alpha value is -6.39. The molecule has 2 aromatic heterocycles. The maximum absolute atomic E-state index is 7.32. The maximum atomic E-state index is 7.32. The second-order valence-corrected chi connectivity index (χ2v) is 17.6. The van der Waals surface area contributed by atoms with Gasteiger partial charge in [-0.15, -0.1) is 38.2 Å². The third-order valence-electron chi connectivity index (χ3n) is 13.4. The summed E-state index contributed by atoms with van der Waals surface area (Å²) in [7, 11) is 122. The topological polar surface area (TPSA) is 42.2 Å². The van der Waals surface area contributed by atoms with E-state index in [4.69, 9.17) is 156 Å². The summed E-state index contributed by atoms with van der Waals surface area (Å²) in [6, 6.07) is 32.5. The van der Waals surface area contributed by atoms with Gasteiger partial charge in [0.25, 0.3) is 0 Å². The minimum absolute atomic E-state index is 0.0311. The van der Waals surface area contributed by atoms with Crippen molar-refractivity contribution in [3.05, 3.63) is 103 Å². The minimum atomic E-state index is -0.252. The lowest BCUT2D eigenvalue weighted by atomic mass is 9.56. The lowest BCUT2D eigenvalue weighted by Gasteiger charge is -2.40. The van der Waals surface area contributed by atoms with Crippen molar-refractivity contribution < 1.29 is 4.42 Å². The van der Waals surface area contributed by atoms with Crippen molar-refractivity contribution >= 4 is 279 Å². The van der Waals surface area contributed by atoms with Gasteiger partial charge in [-0.2, -0.15) is 0 Å². The van der Waals surface area contributed by atoms with Gasteiger partial charge in [-0.25, -0.2) is 9.97 Å². The summed E-state index contributed by atoms with van der Waals surface area (Å²) in [5.74, 6) is 0.478. The highest BCUT2D eigenvalue weighted by Gasteiger charge is 2.31. The van der Waals surface area contributed by atoms with Crippen molar-refractivity contribution in [2.45, 2.75) is 0 Å². The van der Waals surface area contributed by atoms with E-state index in [-0.39, 0.29) is 132 Å². The molecule has 10 aromatic rings. The summed E-state index contributed by atoms with van der Waals surface area (Å²) in [6.45, 7) is 0. The molecule has 10 rings (SSSR count). The zero-order chi connectivity index (χ0) is 52.9. The van der Waals surface area contributed by atoms with Crippen LogP contribution in [0.3, 0.4) is 0 Å². The van der Waals surface area contributed by atoms with Crippen LogP contribution in [0.1, 0.15) is 0 Å². The first-order valence-electron chi connectivity index (χ1n) is 22.6. The number of rotatable bonds is 8. The van der Waals surface area contributed by atoms with E-state index in [0.717, 1.165) is 16.5 Å². The van der Waals surface area contributed by atoms with Crippen LogP contribution in [0.2, 0.25) is 0 Å². The number of benzene rings is 8. The van der Waals surface area contributed by atoms with Crippen molar-refractivity contribution in [1.82, 2.24) is 9.97 Å². The van der Waals surface area contributed by atoms with E-state index in [1.807, 2.05) is 103 Å². The predicted molar refractivity (Wildman–Crippen MR) is 328 cm³/mol. The van der Waals surface area contributed by atoms with E-state index in [2.05, 4.69) is 0 Å². The zero-order valence-corrected chi connectivity index (χ0v) is 39.5. The average Bonchev–Trinajstić information content (AvgIpc) is 3.79. The largest absolute Gasteiger partial charge is 0.456 e. The van der Waals surface area contributed by atoms with Gasteiger partial charge in [0.1, 0.15) is 152 Å². The first-order chi connectivity index (χ1) is 35.2. The molecular weight excluding hydrogens is 877 g/mol.